The third kappa shape index (κ3) is 4.19. The van der Waals surface area contributed by atoms with Crippen molar-refractivity contribution in [2.24, 2.45) is 0 Å². The lowest BCUT2D eigenvalue weighted by atomic mass is 10.0. The first-order valence-electron chi connectivity index (χ1n) is 10.3. The second kappa shape index (κ2) is 8.52. The number of rotatable bonds is 7. The summed E-state index contributed by atoms with van der Waals surface area (Å²) in [6.45, 7) is 6.98. The number of hydrogen-bond acceptors (Lipinski definition) is 6. The molecule has 164 valence electrons. The minimum Gasteiger partial charge on any atom is -0.480 e. The van der Waals surface area contributed by atoms with Crippen LogP contribution in [0.15, 0.2) is 35.0 Å². The predicted molar refractivity (Wildman–Crippen MR) is 113 cm³/mol. The minimum atomic E-state index is -0.966. The minimum absolute atomic E-state index is 0.210. The highest BCUT2D eigenvalue weighted by atomic mass is 16.5. The highest BCUT2D eigenvalue weighted by molar-refractivity contribution is 5.90. The van der Waals surface area contributed by atoms with Crippen LogP contribution in [0.2, 0.25) is 0 Å². The molecule has 1 saturated heterocycles. The van der Waals surface area contributed by atoms with E-state index in [1.54, 1.807) is 10.8 Å². The fourth-order valence-corrected chi connectivity index (χ4v) is 4.39. The number of para-hydroxylation sites is 1. The zero-order valence-corrected chi connectivity index (χ0v) is 17.6. The van der Waals surface area contributed by atoms with Crippen LogP contribution in [0.1, 0.15) is 28.6 Å². The second-order valence-electron chi connectivity index (χ2n) is 7.98. The number of carbonyl (C=O) groups is 2. The van der Waals surface area contributed by atoms with Gasteiger partial charge in [0.05, 0.1) is 5.69 Å². The van der Waals surface area contributed by atoms with Gasteiger partial charge in [0.1, 0.15) is 18.3 Å². The Labute approximate surface area is 179 Å². The van der Waals surface area contributed by atoms with Crippen molar-refractivity contribution in [3.8, 4) is 0 Å². The Bertz CT molecular complexity index is 1090. The lowest BCUT2D eigenvalue weighted by molar-refractivity contribution is -0.144. The Hall–Kier alpha value is -3.17. The Kier molecular flexibility index (Phi) is 5.79. The van der Waals surface area contributed by atoms with Crippen molar-refractivity contribution in [1.82, 2.24) is 19.5 Å². The average Bonchev–Trinajstić information content (AvgIpc) is 3.24. The van der Waals surface area contributed by atoms with Crippen LogP contribution in [-0.2, 0) is 22.7 Å². The first kappa shape index (κ1) is 21.1. The number of carboxylic acid groups (broad SMARTS) is 2. The molecule has 9 heteroatoms. The number of benzene rings is 1. The van der Waals surface area contributed by atoms with E-state index in [4.69, 9.17) is 4.52 Å². The molecule has 0 bridgehead atoms. The third-order valence-corrected chi connectivity index (χ3v) is 5.99. The molecule has 4 rings (SSSR count). The number of aryl methyl sites for hydroxylation is 2. The summed E-state index contributed by atoms with van der Waals surface area (Å²) in [7, 11) is 0. The van der Waals surface area contributed by atoms with Gasteiger partial charge in [-0.1, -0.05) is 23.4 Å². The van der Waals surface area contributed by atoms with Crippen molar-refractivity contribution in [1.29, 1.82) is 0 Å². The van der Waals surface area contributed by atoms with E-state index in [1.165, 1.54) is 0 Å². The maximum absolute atomic E-state index is 12.3. The van der Waals surface area contributed by atoms with Gasteiger partial charge in [-0.15, -0.1) is 0 Å². The van der Waals surface area contributed by atoms with E-state index in [1.807, 2.05) is 43.0 Å². The molecule has 9 nitrogen and oxygen atoms in total. The van der Waals surface area contributed by atoms with Crippen LogP contribution in [0.25, 0.3) is 10.9 Å². The number of carboxylic acids is 2. The van der Waals surface area contributed by atoms with E-state index in [9.17, 15) is 19.8 Å². The summed E-state index contributed by atoms with van der Waals surface area (Å²) in [4.78, 5) is 27.8. The van der Waals surface area contributed by atoms with Crippen molar-refractivity contribution >= 4 is 22.8 Å². The molecule has 1 aromatic carbocycles. The number of hydrogen-bond donors (Lipinski definition) is 2. The lowest BCUT2D eigenvalue weighted by Crippen LogP contribution is -2.48. The Morgan fingerprint density at radius 2 is 1.84 bits per heavy atom. The van der Waals surface area contributed by atoms with Gasteiger partial charge in [0.2, 0.25) is 0 Å². The van der Waals surface area contributed by atoms with Crippen molar-refractivity contribution < 1.29 is 24.3 Å². The number of aromatic nitrogens is 2. The van der Waals surface area contributed by atoms with Gasteiger partial charge in [0.15, 0.2) is 0 Å². The normalized spacial score (nSPS) is 16.6. The summed E-state index contributed by atoms with van der Waals surface area (Å²) >= 11 is 0. The molecule has 0 radical (unpaired) electrons. The molecule has 1 aliphatic heterocycles. The Balaban J connectivity index is 1.56. The van der Waals surface area contributed by atoms with Crippen LogP contribution in [0.5, 0.6) is 0 Å². The molecule has 3 aromatic rings. The second-order valence-corrected chi connectivity index (χ2v) is 7.98. The van der Waals surface area contributed by atoms with E-state index in [2.05, 4.69) is 10.1 Å². The molecule has 1 atom stereocenters. The first-order chi connectivity index (χ1) is 14.8. The summed E-state index contributed by atoms with van der Waals surface area (Å²) < 4.78 is 6.85. The van der Waals surface area contributed by atoms with Gasteiger partial charge in [-0.25, -0.2) is 0 Å². The van der Waals surface area contributed by atoms with Gasteiger partial charge in [0.25, 0.3) is 0 Å². The topological polar surface area (TPSA) is 112 Å². The van der Waals surface area contributed by atoms with Crippen LogP contribution < -0.4 is 0 Å². The van der Waals surface area contributed by atoms with E-state index in [0.29, 0.717) is 18.7 Å². The molecule has 3 heterocycles. The van der Waals surface area contributed by atoms with Gasteiger partial charge in [-0.2, -0.15) is 0 Å². The molecular formula is C22H26N4O5. The maximum Gasteiger partial charge on any atom is 0.325 e. The highest BCUT2D eigenvalue weighted by Gasteiger charge is 2.33. The van der Waals surface area contributed by atoms with Gasteiger partial charge in [-0.05, 0) is 19.9 Å². The van der Waals surface area contributed by atoms with Crippen molar-refractivity contribution in [3.63, 3.8) is 0 Å². The monoisotopic (exact) mass is 426 g/mol. The first-order valence-corrected chi connectivity index (χ1v) is 10.3. The highest BCUT2D eigenvalue weighted by Crippen LogP contribution is 2.31. The molecule has 0 spiro atoms. The maximum atomic E-state index is 12.3. The zero-order valence-electron chi connectivity index (χ0n) is 17.6. The molecule has 1 fully saturated rings. The number of nitrogens with zero attached hydrogens (tertiary/aromatic N) is 4. The summed E-state index contributed by atoms with van der Waals surface area (Å²) in [5.41, 5.74) is 3.32. The molecule has 1 aliphatic rings. The van der Waals surface area contributed by atoms with Crippen LogP contribution in [0.4, 0.5) is 0 Å². The number of piperazine rings is 1. The van der Waals surface area contributed by atoms with Crippen molar-refractivity contribution in [2.45, 2.75) is 33.0 Å². The molecule has 31 heavy (non-hydrogen) atoms. The lowest BCUT2D eigenvalue weighted by Gasteiger charge is -2.37. The summed E-state index contributed by atoms with van der Waals surface area (Å²) in [5.74, 6) is -1.08. The molecule has 0 aliphatic carbocycles. The van der Waals surface area contributed by atoms with E-state index in [-0.39, 0.29) is 6.54 Å². The van der Waals surface area contributed by atoms with E-state index >= 15 is 0 Å². The standard InChI is InChI=1S/C22H26N4O5/c1-14-17(15(2)31-23-14)11-24-7-9-25(10-8-24)21(22(29)30)18-12-26(13-20(27)28)19-6-4-3-5-16(18)19/h3-6,12,21H,7-11,13H2,1-2H3,(H,27,28)(H,29,30). The largest absolute Gasteiger partial charge is 0.480 e. The van der Waals surface area contributed by atoms with Crippen LogP contribution in [-0.4, -0.2) is 67.9 Å². The molecule has 2 aromatic heterocycles. The molecule has 0 saturated carbocycles. The van der Waals surface area contributed by atoms with Crippen molar-refractivity contribution in [2.75, 3.05) is 26.2 Å². The van der Waals surface area contributed by atoms with E-state index in [0.717, 1.165) is 47.6 Å². The van der Waals surface area contributed by atoms with Crippen LogP contribution in [0, 0.1) is 13.8 Å². The van der Waals surface area contributed by atoms with Gasteiger partial charge >= 0.3 is 11.9 Å². The summed E-state index contributed by atoms with van der Waals surface area (Å²) in [5, 5.41) is 24.1. The SMILES string of the molecule is Cc1noc(C)c1CN1CCN(C(C(=O)O)c2cn(CC(=O)O)c3ccccc23)CC1. The summed E-state index contributed by atoms with van der Waals surface area (Å²) in [6, 6.07) is 6.51. The van der Waals surface area contributed by atoms with Gasteiger partial charge in [-0.3, -0.25) is 19.4 Å². The summed E-state index contributed by atoms with van der Waals surface area (Å²) in [6.07, 6.45) is 1.67. The average molecular weight is 426 g/mol. The molecule has 0 amide bonds. The Morgan fingerprint density at radius 3 is 2.45 bits per heavy atom. The quantitative estimate of drug-likeness (QED) is 0.592. The predicted octanol–water partition coefficient (Wildman–Crippen LogP) is 2.27. The van der Waals surface area contributed by atoms with Gasteiger partial charge < -0.3 is 19.3 Å². The van der Waals surface area contributed by atoms with Crippen LogP contribution in [0.3, 0.4) is 0 Å². The Morgan fingerprint density at radius 1 is 1.13 bits per heavy atom. The molecule has 2 N–H and O–H groups in total. The third-order valence-electron chi connectivity index (χ3n) is 5.99. The number of aliphatic carboxylic acids is 2. The smallest absolute Gasteiger partial charge is 0.325 e. The van der Waals surface area contributed by atoms with E-state index < -0.39 is 18.0 Å². The number of fused-ring (bicyclic) bond motifs is 1. The fourth-order valence-electron chi connectivity index (χ4n) is 4.39. The molecule has 1 unspecified atom stereocenters. The zero-order chi connectivity index (χ0) is 22.1. The molecular weight excluding hydrogens is 400 g/mol. The van der Waals surface area contributed by atoms with Crippen molar-refractivity contribution in [3.05, 3.63) is 53.0 Å². The fraction of sp³-hybridized carbons (Fsp3) is 0.409. The van der Waals surface area contributed by atoms with Gasteiger partial charge in [0, 0.05) is 61.0 Å². The van der Waals surface area contributed by atoms with Crippen LogP contribution >= 0.6 is 0 Å².